The molecule has 0 aliphatic heterocycles. The second-order valence-corrected chi connectivity index (χ2v) is 15.5. The van der Waals surface area contributed by atoms with E-state index in [1.807, 2.05) is 93.5 Å². The molecule has 1 amide bonds. The summed E-state index contributed by atoms with van der Waals surface area (Å²) in [7, 11) is 1.61. The molecule has 0 heterocycles. The van der Waals surface area contributed by atoms with E-state index < -0.39 is 34.5 Å². The Morgan fingerprint density at radius 2 is 1.38 bits per heavy atom. The molecule has 2 rings (SSSR count). The molecule has 45 heavy (non-hydrogen) atoms. The van der Waals surface area contributed by atoms with Gasteiger partial charge in [0, 0.05) is 13.5 Å². The Bertz CT molecular complexity index is 1090. The summed E-state index contributed by atoms with van der Waals surface area (Å²) >= 11 is 0. The van der Waals surface area contributed by atoms with Crippen molar-refractivity contribution >= 4 is 17.8 Å². The van der Waals surface area contributed by atoms with Gasteiger partial charge in [-0.3, -0.25) is 9.59 Å². The normalized spacial score (nSPS) is 17.2. The van der Waals surface area contributed by atoms with Crippen LogP contribution in [0.15, 0.2) is 24.3 Å². The van der Waals surface area contributed by atoms with Crippen molar-refractivity contribution in [3.8, 4) is 5.75 Å². The van der Waals surface area contributed by atoms with E-state index in [0.717, 1.165) is 24.2 Å². The summed E-state index contributed by atoms with van der Waals surface area (Å²) in [6.45, 7) is 19.7. The summed E-state index contributed by atoms with van der Waals surface area (Å²) in [5.41, 5.74) is -1.69. The van der Waals surface area contributed by atoms with Crippen molar-refractivity contribution < 1.29 is 38.1 Å². The van der Waals surface area contributed by atoms with Gasteiger partial charge in [-0.2, -0.15) is 0 Å². The number of amides is 1. The van der Waals surface area contributed by atoms with Crippen LogP contribution in [0.2, 0.25) is 0 Å². The zero-order valence-electron chi connectivity index (χ0n) is 29.7. The van der Waals surface area contributed by atoms with Crippen LogP contribution in [0, 0.1) is 11.3 Å². The standard InChI is InChI=1S/C36H59NO8/c1-25(42-21-20-41-11)22-27(30(38)44-34(5,6)7)24-36(18-12-13-19-36)32(40)37-29(31(39)45-35(8,9)10)23-26-14-16-28(17-15-26)43-33(2,3)4/h14-17,25,27,29H,12-13,18-24H2,1-11H3,(H,37,40)/t25-,27+,29?/m0/s1. The van der Waals surface area contributed by atoms with Gasteiger partial charge >= 0.3 is 11.9 Å². The first kappa shape index (κ1) is 38.5. The van der Waals surface area contributed by atoms with Crippen LogP contribution in [0.3, 0.4) is 0 Å². The maximum absolute atomic E-state index is 14.2. The lowest BCUT2D eigenvalue weighted by Crippen LogP contribution is -2.51. The number of hydrogen-bond acceptors (Lipinski definition) is 8. The van der Waals surface area contributed by atoms with Crippen LogP contribution in [0.25, 0.3) is 0 Å². The second-order valence-electron chi connectivity index (χ2n) is 15.5. The maximum Gasteiger partial charge on any atom is 0.329 e. The molecule has 0 bridgehead atoms. The molecule has 1 aliphatic carbocycles. The number of carbonyl (C=O) groups is 3. The van der Waals surface area contributed by atoms with Crippen molar-refractivity contribution in [2.75, 3.05) is 20.3 Å². The summed E-state index contributed by atoms with van der Waals surface area (Å²) in [5, 5.41) is 3.07. The van der Waals surface area contributed by atoms with Crippen molar-refractivity contribution in [1.29, 1.82) is 0 Å². The molecule has 1 aliphatic rings. The zero-order chi connectivity index (χ0) is 34.1. The third-order valence-electron chi connectivity index (χ3n) is 7.51. The van der Waals surface area contributed by atoms with Gasteiger partial charge in [-0.15, -0.1) is 0 Å². The molecule has 1 aromatic rings. The molecule has 0 spiro atoms. The topological polar surface area (TPSA) is 109 Å². The SMILES string of the molecule is COCCO[C@@H](C)C[C@H](CC1(C(=O)NC(Cc2ccc(OC(C)(C)C)cc2)C(=O)OC(C)(C)C)CCCC1)C(=O)OC(C)(C)C. The zero-order valence-corrected chi connectivity index (χ0v) is 29.7. The molecule has 1 aromatic carbocycles. The van der Waals surface area contributed by atoms with Gasteiger partial charge in [-0.05, 0) is 113 Å². The minimum absolute atomic E-state index is 0.231. The van der Waals surface area contributed by atoms with E-state index in [1.54, 1.807) is 7.11 Å². The molecule has 0 radical (unpaired) electrons. The van der Waals surface area contributed by atoms with E-state index in [4.69, 9.17) is 23.7 Å². The van der Waals surface area contributed by atoms with Crippen LogP contribution < -0.4 is 10.1 Å². The summed E-state index contributed by atoms with van der Waals surface area (Å²) in [6, 6.07) is 6.64. The number of benzene rings is 1. The van der Waals surface area contributed by atoms with Gasteiger partial charge in [0.05, 0.1) is 30.7 Å². The molecule has 0 aromatic heterocycles. The lowest BCUT2D eigenvalue weighted by Gasteiger charge is -2.35. The lowest BCUT2D eigenvalue weighted by molar-refractivity contribution is -0.164. The Morgan fingerprint density at radius 3 is 1.89 bits per heavy atom. The first-order valence-corrected chi connectivity index (χ1v) is 16.4. The Morgan fingerprint density at radius 1 is 0.822 bits per heavy atom. The van der Waals surface area contributed by atoms with Crippen LogP contribution in [0.4, 0.5) is 0 Å². The summed E-state index contributed by atoms with van der Waals surface area (Å²) in [4.78, 5) is 41.2. The van der Waals surface area contributed by atoms with E-state index >= 15 is 0 Å². The van der Waals surface area contributed by atoms with Gasteiger partial charge in [0.2, 0.25) is 5.91 Å². The quantitative estimate of drug-likeness (QED) is 0.170. The Hall–Kier alpha value is -2.65. The largest absolute Gasteiger partial charge is 0.488 e. The highest BCUT2D eigenvalue weighted by molar-refractivity contribution is 5.89. The number of ether oxygens (including phenoxy) is 5. The number of carbonyl (C=O) groups excluding carboxylic acids is 3. The Balaban J connectivity index is 2.34. The molecule has 9 heteroatoms. The van der Waals surface area contributed by atoms with Crippen molar-refractivity contribution in [3.05, 3.63) is 29.8 Å². The average Bonchev–Trinajstić information content (AvgIpc) is 3.36. The van der Waals surface area contributed by atoms with Gasteiger partial charge in [0.25, 0.3) is 0 Å². The molecule has 1 unspecified atom stereocenters. The van der Waals surface area contributed by atoms with Gasteiger partial charge in [-0.25, -0.2) is 4.79 Å². The molecule has 1 fully saturated rings. The number of nitrogens with one attached hydrogen (secondary N) is 1. The molecule has 9 nitrogen and oxygen atoms in total. The van der Waals surface area contributed by atoms with Gasteiger partial charge in [0.1, 0.15) is 28.6 Å². The van der Waals surface area contributed by atoms with Crippen molar-refractivity contribution in [1.82, 2.24) is 5.32 Å². The Labute approximate surface area is 271 Å². The molecular weight excluding hydrogens is 574 g/mol. The summed E-state index contributed by atoms with van der Waals surface area (Å²) in [5.74, 6) is -0.901. The average molecular weight is 634 g/mol. The Kier molecular flexibility index (Phi) is 13.9. The first-order chi connectivity index (χ1) is 20.7. The van der Waals surface area contributed by atoms with Gasteiger partial charge in [-0.1, -0.05) is 25.0 Å². The highest BCUT2D eigenvalue weighted by Gasteiger charge is 2.46. The number of rotatable bonds is 15. The maximum atomic E-state index is 14.2. The molecule has 1 N–H and O–H groups in total. The summed E-state index contributed by atoms with van der Waals surface area (Å²) < 4.78 is 28.5. The molecular formula is C36H59NO8. The van der Waals surface area contributed by atoms with Crippen LogP contribution in [0.5, 0.6) is 5.75 Å². The third kappa shape index (κ3) is 14.1. The fourth-order valence-corrected chi connectivity index (χ4v) is 5.66. The predicted molar refractivity (Wildman–Crippen MR) is 175 cm³/mol. The van der Waals surface area contributed by atoms with Crippen LogP contribution in [0.1, 0.15) is 113 Å². The number of esters is 2. The minimum atomic E-state index is -0.903. The molecule has 0 saturated heterocycles. The molecule has 1 saturated carbocycles. The smallest absolute Gasteiger partial charge is 0.329 e. The van der Waals surface area contributed by atoms with E-state index in [1.165, 1.54) is 0 Å². The monoisotopic (exact) mass is 633 g/mol. The van der Waals surface area contributed by atoms with Crippen molar-refractivity contribution in [2.24, 2.45) is 11.3 Å². The predicted octanol–water partition coefficient (Wildman–Crippen LogP) is 6.58. The van der Waals surface area contributed by atoms with Gasteiger partial charge < -0.3 is 29.0 Å². The van der Waals surface area contributed by atoms with Crippen molar-refractivity contribution in [3.63, 3.8) is 0 Å². The minimum Gasteiger partial charge on any atom is -0.488 e. The summed E-state index contributed by atoms with van der Waals surface area (Å²) in [6.07, 6.45) is 3.71. The fourth-order valence-electron chi connectivity index (χ4n) is 5.66. The lowest BCUT2D eigenvalue weighted by atomic mass is 9.75. The van der Waals surface area contributed by atoms with Crippen LogP contribution in [-0.2, 0) is 39.8 Å². The van der Waals surface area contributed by atoms with Crippen LogP contribution >= 0.6 is 0 Å². The second kappa shape index (κ2) is 16.3. The number of hydrogen-bond donors (Lipinski definition) is 1. The molecule has 3 atom stereocenters. The van der Waals surface area contributed by atoms with Crippen molar-refractivity contribution in [2.45, 2.75) is 143 Å². The third-order valence-corrected chi connectivity index (χ3v) is 7.51. The fraction of sp³-hybridized carbons (Fsp3) is 0.750. The van der Waals surface area contributed by atoms with E-state index in [-0.39, 0.29) is 30.0 Å². The highest BCUT2D eigenvalue weighted by atomic mass is 16.6. The van der Waals surface area contributed by atoms with E-state index in [2.05, 4.69) is 5.32 Å². The molecule has 256 valence electrons. The van der Waals surface area contributed by atoms with E-state index in [0.29, 0.717) is 38.9 Å². The van der Waals surface area contributed by atoms with E-state index in [9.17, 15) is 14.4 Å². The van der Waals surface area contributed by atoms with Crippen LogP contribution in [-0.4, -0.2) is 67.1 Å². The highest BCUT2D eigenvalue weighted by Crippen LogP contribution is 2.45. The first-order valence-electron chi connectivity index (χ1n) is 16.4. The van der Waals surface area contributed by atoms with Gasteiger partial charge in [0.15, 0.2) is 0 Å². The number of methoxy groups -OCH3 is 1.